The largest absolute Gasteiger partial charge is 0.481 e. The molecule has 0 aromatic heterocycles. The first-order chi connectivity index (χ1) is 11.7. The number of nitrogens with zero attached hydrogens (tertiary/aromatic N) is 2. The molecule has 5 nitrogen and oxygen atoms in total. The van der Waals surface area contributed by atoms with E-state index in [0.717, 1.165) is 26.1 Å². The molecule has 0 saturated heterocycles. The van der Waals surface area contributed by atoms with Crippen LogP contribution in [0.15, 0.2) is 4.99 Å². The summed E-state index contributed by atoms with van der Waals surface area (Å²) in [6.45, 7) is 5.85. The predicted molar refractivity (Wildman–Crippen MR) is 98.8 cm³/mol. The van der Waals surface area contributed by atoms with Gasteiger partial charge in [-0.25, -0.2) is 0 Å². The summed E-state index contributed by atoms with van der Waals surface area (Å²) in [4.78, 5) is 17.3. The summed E-state index contributed by atoms with van der Waals surface area (Å²) in [5, 5.41) is 8.57. The highest BCUT2D eigenvalue weighted by molar-refractivity contribution is 5.83. The number of aliphatic carboxylic acids is 1. The van der Waals surface area contributed by atoms with E-state index in [1.54, 1.807) is 0 Å². The molecule has 140 valence electrons. The van der Waals surface area contributed by atoms with Crippen molar-refractivity contribution in [2.45, 2.75) is 77.6 Å². The number of ether oxygens (including phenoxy) is 1. The van der Waals surface area contributed by atoms with Crippen molar-refractivity contribution < 1.29 is 14.6 Å². The van der Waals surface area contributed by atoms with Gasteiger partial charge in [0, 0.05) is 19.5 Å². The average Bonchev–Trinajstić information content (AvgIpc) is 3.00. The standard InChI is InChI=1S/C19H36N2O3/c1-2-3-4-5-6-7-8-9-10-11-18-20-13-14-21(18)15-17-24-16-12-19(22)23/h2-17H2,1H3,(H,22,23). The molecule has 1 aliphatic rings. The second kappa shape index (κ2) is 14.3. The third-order valence-corrected chi connectivity index (χ3v) is 4.50. The molecule has 1 aliphatic heterocycles. The summed E-state index contributed by atoms with van der Waals surface area (Å²) in [5.74, 6) is 0.420. The van der Waals surface area contributed by atoms with Crippen LogP contribution in [0.1, 0.15) is 77.6 Å². The van der Waals surface area contributed by atoms with Gasteiger partial charge in [0.25, 0.3) is 0 Å². The molecule has 0 unspecified atom stereocenters. The number of hydrogen-bond donors (Lipinski definition) is 1. The number of aliphatic imine (C=N–C) groups is 1. The number of amidine groups is 1. The van der Waals surface area contributed by atoms with E-state index in [9.17, 15) is 4.79 Å². The van der Waals surface area contributed by atoms with Crippen molar-refractivity contribution in [1.82, 2.24) is 4.90 Å². The summed E-state index contributed by atoms with van der Waals surface area (Å²) < 4.78 is 5.38. The second-order valence-electron chi connectivity index (χ2n) is 6.62. The maximum Gasteiger partial charge on any atom is 0.305 e. The highest BCUT2D eigenvalue weighted by Crippen LogP contribution is 2.13. The van der Waals surface area contributed by atoms with E-state index in [-0.39, 0.29) is 6.42 Å². The predicted octanol–water partition coefficient (Wildman–Crippen LogP) is 4.11. The van der Waals surface area contributed by atoms with Crippen LogP contribution in [-0.4, -0.2) is 54.7 Å². The number of carbonyl (C=O) groups is 1. The summed E-state index contributed by atoms with van der Waals surface area (Å²) in [7, 11) is 0. The van der Waals surface area contributed by atoms with E-state index in [2.05, 4.69) is 16.8 Å². The summed E-state index contributed by atoms with van der Waals surface area (Å²) >= 11 is 0. The van der Waals surface area contributed by atoms with E-state index in [1.807, 2.05) is 0 Å². The normalized spacial score (nSPS) is 14.2. The lowest BCUT2D eigenvalue weighted by atomic mass is 10.1. The van der Waals surface area contributed by atoms with Gasteiger partial charge in [-0.1, -0.05) is 58.3 Å². The van der Waals surface area contributed by atoms with Crippen molar-refractivity contribution in [1.29, 1.82) is 0 Å². The summed E-state index contributed by atoms with van der Waals surface area (Å²) in [6, 6.07) is 0. The Kier molecular flexibility index (Phi) is 12.4. The lowest BCUT2D eigenvalue weighted by Gasteiger charge is -2.20. The highest BCUT2D eigenvalue weighted by Gasteiger charge is 2.15. The smallest absolute Gasteiger partial charge is 0.305 e. The number of carboxylic acids is 1. The minimum absolute atomic E-state index is 0.0827. The van der Waals surface area contributed by atoms with Crippen LogP contribution < -0.4 is 0 Å². The molecule has 0 saturated carbocycles. The van der Waals surface area contributed by atoms with Crippen molar-refractivity contribution in [3.05, 3.63) is 0 Å². The average molecular weight is 341 g/mol. The monoisotopic (exact) mass is 340 g/mol. The van der Waals surface area contributed by atoms with Crippen molar-refractivity contribution in [2.24, 2.45) is 4.99 Å². The quantitative estimate of drug-likeness (QED) is 0.429. The zero-order valence-corrected chi connectivity index (χ0v) is 15.5. The SMILES string of the molecule is CCCCCCCCCCCC1=NCCN1CCOCCC(=O)O. The molecule has 0 fully saturated rings. The molecular weight excluding hydrogens is 304 g/mol. The minimum Gasteiger partial charge on any atom is -0.481 e. The van der Waals surface area contributed by atoms with E-state index >= 15 is 0 Å². The Hall–Kier alpha value is -1.10. The molecule has 1 N–H and O–H groups in total. The number of carboxylic acid groups (broad SMARTS) is 1. The van der Waals surface area contributed by atoms with Crippen LogP contribution in [-0.2, 0) is 9.53 Å². The zero-order chi connectivity index (χ0) is 17.5. The molecule has 0 aromatic carbocycles. The first-order valence-corrected chi connectivity index (χ1v) is 9.82. The van der Waals surface area contributed by atoms with Gasteiger partial charge >= 0.3 is 5.97 Å². The van der Waals surface area contributed by atoms with Gasteiger partial charge < -0.3 is 14.7 Å². The van der Waals surface area contributed by atoms with Crippen molar-refractivity contribution in [2.75, 3.05) is 32.8 Å². The van der Waals surface area contributed by atoms with Crippen LogP contribution in [0.4, 0.5) is 0 Å². The molecule has 1 heterocycles. The van der Waals surface area contributed by atoms with Crippen LogP contribution in [0.25, 0.3) is 0 Å². The van der Waals surface area contributed by atoms with Crippen molar-refractivity contribution >= 4 is 11.8 Å². The van der Waals surface area contributed by atoms with Gasteiger partial charge in [0.1, 0.15) is 0 Å². The molecule has 0 radical (unpaired) electrons. The van der Waals surface area contributed by atoms with Gasteiger partial charge in [0.2, 0.25) is 0 Å². The Bertz CT molecular complexity index is 359. The van der Waals surface area contributed by atoms with Crippen LogP contribution in [0.2, 0.25) is 0 Å². The second-order valence-corrected chi connectivity index (χ2v) is 6.62. The first kappa shape index (κ1) is 20.9. The number of hydrogen-bond acceptors (Lipinski definition) is 4. The molecule has 0 aromatic rings. The first-order valence-electron chi connectivity index (χ1n) is 9.82. The van der Waals surface area contributed by atoms with Crippen molar-refractivity contribution in [3.63, 3.8) is 0 Å². The third kappa shape index (κ3) is 10.6. The Balaban J connectivity index is 1.96. The minimum atomic E-state index is -0.802. The molecule has 0 atom stereocenters. The molecular formula is C19H36N2O3. The number of unbranched alkanes of at least 4 members (excludes halogenated alkanes) is 8. The van der Waals surface area contributed by atoms with Crippen molar-refractivity contribution in [3.8, 4) is 0 Å². The fourth-order valence-electron chi connectivity index (χ4n) is 3.04. The van der Waals surface area contributed by atoms with E-state index < -0.39 is 5.97 Å². The van der Waals surface area contributed by atoms with Gasteiger partial charge in [-0.15, -0.1) is 0 Å². The van der Waals surface area contributed by atoms with Crippen LogP contribution >= 0.6 is 0 Å². The summed E-state index contributed by atoms with van der Waals surface area (Å²) in [6.07, 6.45) is 13.3. The molecule has 5 heteroatoms. The third-order valence-electron chi connectivity index (χ3n) is 4.50. The van der Waals surface area contributed by atoms with Crippen LogP contribution in [0.5, 0.6) is 0 Å². The molecule has 0 spiro atoms. The zero-order valence-electron chi connectivity index (χ0n) is 15.5. The Labute approximate surface area is 147 Å². The van der Waals surface area contributed by atoms with Gasteiger partial charge in [0.15, 0.2) is 0 Å². The maximum absolute atomic E-state index is 10.4. The topological polar surface area (TPSA) is 62.1 Å². The fourth-order valence-corrected chi connectivity index (χ4v) is 3.04. The van der Waals surface area contributed by atoms with Gasteiger partial charge in [0.05, 0.1) is 32.0 Å². The Morgan fingerprint density at radius 2 is 1.75 bits per heavy atom. The van der Waals surface area contributed by atoms with E-state index in [1.165, 1.54) is 63.6 Å². The van der Waals surface area contributed by atoms with E-state index in [0.29, 0.717) is 13.2 Å². The van der Waals surface area contributed by atoms with Gasteiger partial charge in [-0.05, 0) is 6.42 Å². The van der Waals surface area contributed by atoms with Crippen LogP contribution in [0.3, 0.4) is 0 Å². The van der Waals surface area contributed by atoms with Gasteiger partial charge in [-0.2, -0.15) is 0 Å². The van der Waals surface area contributed by atoms with Gasteiger partial charge in [-0.3, -0.25) is 9.79 Å². The van der Waals surface area contributed by atoms with E-state index in [4.69, 9.17) is 9.84 Å². The Morgan fingerprint density at radius 3 is 2.42 bits per heavy atom. The molecule has 0 aliphatic carbocycles. The molecule has 0 bridgehead atoms. The summed E-state index contributed by atoms with van der Waals surface area (Å²) in [5.41, 5.74) is 0. The maximum atomic E-state index is 10.4. The molecule has 24 heavy (non-hydrogen) atoms. The lowest BCUT2D eigenvalue weighted by molar-refractivity contribution is -0.138. The lowest BCUT2D eigenvalue weighted by Crippen LogP contribution is -2.31. The Morgan fingerprint density at radius 1 is 1.08 bits per heavy atom. The molecule has 1 rings (SSSR count). The number of rotatable bonds is 16. The fraction of sp³-hybridized carbons (Fsp3) is 0.895. The van der Waals surface area contributed by atoms with Crippen LogP contribution in [0, 0.1) is 0 Å². The molecule has 0 amide bonds. The highest BCUT2D eigenvalue weighted by atomic mass is 16.5.